The molecule has 0 saturated carbocycles. The third-order valence-corrected chi connectivity index (χ3v) is 5.62. The lowest BCUT2D eigenvalue weighted by atomic mass is 10.2. The van der Waals surface area contributed by atoms with Crippen LogP contribution in [0.25, 0.3) is 10.2 Å². The van der Waals surface area contributed by atoms with Crippen molar-refractivity contribution < 1.29 is 0 Å². The number of aromatic nitrogens is 1. The summed E-state index contributed by atoms with van der Waals surface area (Å²) >= 11 is 1.84. The van der Waals surface area contributed by atoms with Crippen molar-refractivity contribution in [3.63, 3.8) is 0 Å². The molecule has 1 aromatic heterocycles. The third-order valence-electron chi connectivity index (χ3n) is 4.42. The average Bonchev–Trinajstić information content (AvgIpc) is 2.98. The molecular weight excluding hydrogens is 280 g/mol. The predicted octanol–water partition coefficient (Wildman–Crippen LogP) is 2.33. The Kier molecular flexibility index (Phi) is 4.42. The van der Waals surface area contributed by atoms with Gasteiger partial charge in [-0.3, -0.25) is 4.90 Å². The van der Waals surface area contributed by atoms with Gasteiger partial charge < -0.3 is 10.6 Å². The Balaban J connectivity index is 1.76. The van der Waals surface area contributed by atoms with Gasteiger partial charge in [0.05, 0.1) is 10.2 Å². The van der Waals surface area contributed by atoms with Crippen molar-refractivity contribution >= 4 is 26.7 Å². The molecule has 1 aliphatic heterocycles. The topological polar surface area (TPSA) is 45.4 Å². The zero-order chi connectivity index (χ0) is 14.8. The number of fused-ring (bicyclic) bond motifs is 1. The Bertz CT molecular complexity index is 601. The normalized spacial score (nSPS) is 18.3. The molecule has 0 radical (unpaired) electrons. The van der Waals surface area contributed by atoms with E-state index in [1.54, 1.807) is 0 Å². The fourth-order valence-electron chi connectivity index (χ4n) is 2.91. The molecule has 1 aromatic carbocycles. The Morgan fingerprint density at radius 2 is 2.05 bits per heavy atom. The summed E-state index contributed by atoms with van der Waals surface area (Å²) in [6.07, 6.45) is 1.07. The van der Waals surface area contributed by atoms with E-state index in [0.29, 0.717) is 6.04 Å². The summed E-state index contributed by atoms with van der Waals surface area (Å²) in [5, 5.41) is 1.17. The maximum absolute atomic E-state index is 5.77. The van der Waals surface area contributed by atoms with Crippen LogP contribution in [0, 0.1) is 0 Å². The first kappa shape index (κ1) is 14.8. The summed E-state index contributed by atoms with van der Waals surface area (Å²) in [7, 11) is 0. The highest BCUT2D eigenvalue weighted by molar-refractivity contribution is 7.22. The molecule has 4 nitrogen and oxygen atoms in total. The fraction of sp³-hybridized carbons (Fsp3) is 0.562. The molecule has 0 aliphatic carbocycles. The number of rotatable bonds is 4. The minimum Gasteiger partial charge on any atom is -0.345 e. The molecule has 2 N–H and O–H groups in total. The summed E-state index contributed by atoms with van der Waals surface area (Å²) in [6.45, 7) is 9.41. The number of hydrogen-bond donors (Lipinski definition) is 1. The third kappa shape index (κ3) is 2.91. The number of piperazine rings is 1. The summed E-state index contributed by atoms with van der Waals surface area (Å²) in [4.78, 5) is 9.73. The Labute approximate surface area is 130 Å². The van der Waals surface area contributed by atoms with Crippen LogP contribution >= 0.6 is 11.3 Å². The van der Waals surface area contributed by atoms with Gasteiger partial charge in [-0.05, 0) is 25.0 Å². The fourth-order valence-corrected chi connectivity index (χ4v) is 4.11. The van der Waals surface area contributed by atoms with Gasteiger partial charge in [0.25, 0.3) is 0 Å². The van der Waals surface area contributed by atoms with Crippen LogP contribution < -0.4 is 10.6 Å². The Morgan fingerprint density at radius 3 is 2.71 bits per heavy atom. The van der Waals surface area contributed by atoms with E-state index in [1.165, 1.54) is 15.4 Å². The summed E-state index contributed by atoms with van der Waals surface area (Å²) in [5.74, 6) is 0. The van der Waals surface area contributed by atoms with Crippen LogP contribution in [0.5, 0.6) is 0 Å². The second-order valence-corrected chi connectivity index (χ2v) is 6.70. The van der Waals surface area contributed by atoms with Crippen LogP contribution in [-0.4, -0.2) is 48.6 Å². The van der Waals surface area contributed by atoms with Crippen LogP contribution in [0.3, 0.4) is 0 Å². The molecule has 0 amide bonds. The number of thiazole rings is 1. The highest BCUT2D eigenvalue weighted by atomic mass is 32.1. The number of nitrogens with two attached hydrogens (primary N) is 1. The lowest BCUT2D eigenvalue weighted by molar-refractivity contribution is 0.201. The average molecular weight is 304 g/mol. The van der Waals surface area contributed by atoms with Crippen LogP contribution in [-0.2, 0) is 6.42 Å². The van der Waals surface area contributed by atoms with E-state index in [0.717, 1.165) is 44.7 Å². The zero-order valence-corrected chi connectivity index (χ0v) is 13.7. The Morgan fingerprint density at radius 1 is 1.29 bits per heavy atom. The molecule has 1 unspecified atom stereocenters. The molecule has 0 bridgehead atoms. The van der Waals surface area contributed by atoms with Crippen molar-refractivity contribution in [1.29, 1.82) is 0 Å². The van der Waals surface area contributed by atoms with Gasteiger partial charge in [-0.1, -0.05) is 30.4 Å². The molecule has 1 fully saturated rings. The van der Waals surface area contributed by atoms with Gasteiger partial charge in [0.1, 0.15) is 0 Å². The van der Waals surface area contributed by atoms with E-state index < -0.39 is 0 Å². The quantitative estimate of drug-likeness (QED) is 0.941. The molecule has 3 rings (SSSR count). The van der Waals surface area contributed by atoms with E-state index in [2.05, 4.69) is 41.8 Å². The minimum absolute atomic E-state index is 0.481. The lowest BCUT2D eigenvalue weighted by Crippen LogP contribution is -2.51. The molecule has 5 heteroatoms. The first-order chi connectivity index (χ1) is 10.2. The molecular formula is C16H24N4S. The van der Waals surface area contributed by atoms with Crippen molar-refractivity contribution in [2.24, 2.45) is 5.73 Å². The van der Waals surface area contributed by atoms with Gasteiger partial charge in [-0.2, -0.15) is 0 Å². The molecule has 21 heavy (non-hydrogen) atoms. The van der Waals surface area contributed by atoms with E-state index in [1.807, 2.05) is 11.3 Å². The van der Waals surface area contributed by atoms with Crippen LogP contribution in [0.1, 0.15) is 19.4 Å². The molecule has 0 spiro atoms. The largest absolute Gasteiger partial charge is 0.345 e. The van der Waals surface area contributed by atoms with Gasteiger partial charge >= 0.3 is 0 Å². The first-order valence-corrected chi connectivity index (χ1v) is 8.62. The van der Waals surface area contributed by atoms with Gasteiger partial charge in [0.2, 0.25) is 0 Å². The second-order valence-electron chi connectivity index (χ2n) is 5.72. The number of nitrogens with zero attached hydrogens (tertiary/aromatic N) is 3. The van der Waals surface area contributed by atoms with Crippen molar-refractivity contribution in [2.45, 2.75) is 26.3 Å². The number of hydrogen-bond acceptors (Lipinski definition) is 5. The highest BCUT2D eigenvalue weighted by Gasteiger charge is 2.22. The van der Waals surface area contributed by atoms with Crippen molar-refractivity contribution in [2.75, 3.05) is 37.6 Å². The molecule has 2 heterocycles. The number of benzene rings is 1. The van der Waals surface area contributed by atoms with Gasteiger partial charge in [-0.25, -0.2) is 4.98 Å². The van der Waals surface area contributed by atoms with E-state index in [9.17, 15) is 0 Å². The van der Waals surface area contributed by atoms with E-state index in [4.69, 9.17) is 10.7 Å². The van der Waals surface area contributed by atoms with Crippen molar-refractivity contribution in [3.05, 3.63) is 23.8 Å². The van der Waals surface area contributed by atoms with Gasteiger partial charge in [0, 0.05) is 38.8 Å². The standard InChI is InChI=1S/C16H24N4S/c1-3-13-5-4-6-14-15(13)21-16(18-14)20-9-7-19(8-10-20)12(2)11-17/h4-6,12H,3,7-11,17H2,1-2H3. The smallest absolute Gasteiger partial charge is 0.186 e. The number of anilines is 1. The molecule has 114 valence electrons. The van der Waals surface area contributed by atoms with Gasteiger partial charge in [0.15, 0.2) is 5.13 Å². The monoisotopic (exact) mass is 304 g/mol. The summed E-state index contributed by atoms with van der Waals surface area (Å²) in [5.41, 5.74) is 8.32. The molecule has 1 saturated heterocycles. The lowest BCUT2D eigenvalue weighted by Gasteiger charge is -2.37. The summed E-state index contributed by atoms with van der Waals surface area (Å²) in [6, 6.07) is 6.94. The first-order valence-electron chi connectivity index (χ1n) is 7.80. The molecule has 1 atom stereocenters. The van der Waals surface area contributed by atoms with Crippen molar-refractivity contribution in [3.8, 4) is 0 Å². The van der Waals surface area contributed by atoms with E-state index in [-0.39, 0.29) is 0 Å². The minimum atomic E-state index is 0.481. The zero-order valence-electron chi connectivity index (χ0n) is 12.9. The molecule has 1 aliphatic rings. The van der Waals surface area contributed by atoms with Gasteiger partial charge in [-0.15, -0.1) is 0 Å². The second kappa shape index (κ2) is 6.30. The number of aryl methyl sites for hydroxylation is 1. The maximum Gasteiger partial charge on any atom is 0.186 e. The SMILES string of the molecule is CCc1cccc2nc(N3CCN(C(C)CN)CC3)sc12. The van der Waals surface area contributed by atoms with Crippen LogP contribution in [0.15, 0.2) is 18.2 Å². The van der Waals surface area contributed by atoms with Crippen LogP contribution in [0.2, 0.25) is 0 Å². The summed E-state index contributed by atoms with van der Waals surface area (Å²) < 4.78 is 1.35. The highest BCUT2D eigenvalue weighted by Crippen LogP contribution is 2.32. The van der Waals surface area contributed by atoms with Crippen molar-refractivity contribution in [1.82, 2.24) is 9.88 Å². The molecule has 2 aromatic rings. The van der Waals surface area contributed by atoms with Crippen LogP contribution in [0.4, 0.5) is 5.13 Å². The maximum atomic E-state index is 5.77. The Hall–Kier alpha value is -1.17. The predicted molar refractivity (Wildman–Crippen MR) is 91.3 cm³/mol. The van der Waals surface area contributed by atoms with E-state index >= 15 is 0 Å².